The number of hydrazine groups is 1. The van der Waals surface area contributed by atoms with Crippen molar-refractivity contribution in [3.05, 3.63) is 0 Å². The molecule has 1 aliphatic heterocycles. The van der Waals surface area contributed by atoms with Crippen LogP contribution in [0.25, 0.3) is 0 Å². The van der Waals surface area contributed by atoms with Gasteiger partial charge in [0.15, 0.2) is 0 Å². The first-order chi connectivity index (χ1) is 4.34. The SMILES string of the molecule is COC(=O)P1CCNN1. The third-order valence-electron chi connectivity index (χ3n) is 1.07. The predicted octanol–water partition coefficient (Wildman–Crippen LogP) is 0.257. The Kier molecular flexibility index (Phi) is 2.39. The molecule has 9 heavy (non-hydrogen) atoms. The van der Waals surface area contributed by atoms with Crippen LogP contribution in [0.2, 0.25) is 0 Å². The molecule has 1 saturated heterocycles. The minimum Gasteiger partial charge on any atom is -0.465 e. The van der Waals surface area contributed by atoms with Crippen LogP contribution >= 0.6 is 8.07 Å². The maximum absolute atomic E-state index is 10.7. The Labute approximate surface area is 54.7 Å². The molecule has 0 amide bonds. The number of methoxy groups -OCH3 is 1. The van der Waals surface area contributed by atoms with Gasteiger partial charge in [0.25, 0.3) is 0 Å². The van der Waals surface area contributed by atoms with E-state index in [0.29, 0.717) is 0 Å². The fraction of sp³-hybridized carbons (Fsp3) is 0.750. The highest BCUT2D eigenvalue weighted by Crippen LogP contribution is 2.33. The summed E-state index contributed by atoms with van der Waals surface area (Å²) < 4.78 is 4.52. The molecule has 1 heterocycles. The first-order valence-electron chi connectivity index (χ1n) is 2.68. The summed E-state index contributed by atoms with van der Waals surface area (Å²) >= 11 is 0. The Balaban J connectivity index is 2.32. The Morgan fingerprint density at radius 2 is 2.56 bits per heavy atom. The molecule has 0 aliphatic carbocycles. The third-order valence-corrected chi connectivity index (χ3v) is 2.79. The monoisotopic (exact) mass is 148 g/mol. The number of ether oxygens (including phenoxy) is 1. The van der Waals surface area contributed by atoms with Gasteiger partial charge in [-0.3, -0.25) is 5.43 Å². The van der Waals surface area contributed by atoms with E-state index in [-0.39, 0.29) is 5.71 Å². The average Bonchev–Trinajstić information content (AvgIpc) is 2.37. The molecule has 5 heteroatoms. The normalized spacial score (nSPS) is 26.1. The number of carbonyl (C=O) groups excluding carboxylic acids is 1. The van der Waals surface area contributed by atoms with E-state index in [2.05, 4.69) is 15.4 Å². The van der Waals surface area contributed by atoms with E-state index in [4.69, 9.17) is 0 Å². The summed E-state index contributed by atoms with van der Waals surface area (Å²) in [6.07, 6.45) is 0.877. The molecule has 4 nitrogen and oxygen atoms in total. The Bertz CT molecular complexity index is 113. The standard InChI is InChI=1S/C4H9N2O2P/c1-8-4(7)9-3-2-5-6-9/h5-6H,2-3H2,1H3. The maximum atomic E-state index is 10.7. The summed E-state index contributed by atoms with van der Waals surface area (Å²) in [5.74, 6) is 0. The molecular weight excluding hydrogens is 139 g/mol. The Morgan fingerprint density at radius 1 is 1.78 bits per heavy atom. The molecule has 1 fully saturated rings. The van der Waals surface area contributed by atoms with Crippen LogP contribution < -0.4 is 10.6 Å². The molecule has 2 N–H and O–H groups in total. The predicted molar refractivity (Wildman–Crippen MR) is 35.3 cm³/mol. The highest BCUT2D eigenvalue weighted by atomic mass is 31.1. The van der Waals surface area contributed by atoms with E-state index < -0.39 is 8.07 Å². The molecule has 1 rings (SSSR count). The van der Waals surface area contributed by atoms with Crippen LogP contribution in [0.3, 0.4) is 0 Å². The van der Waals surface area contributed by atoms with Gasteiger partial charge in [0.2, 0.25) is 0 Å². The van der Waals surface area contributed by atoms with E-state index in [9.17, 15) is 4.79 Å². The zero-order valence-corrected chi connectivity index (χ0v) is 6.07. The molecular formula is C4H9N2O2P. The van der Waals surface area contributed by atoms with Gasteiger partial charge in [0.1, 0.15) is 0 Å². The molecule has 52 valence electrons. The van der Waals surface area contributed by atoms with Crippen molar-refractivity contribution in [3.8, 4) is 0 Å². The summed E-state index contributed by atoms with van der Waals surface area (Å²) in [4.78, 5) is 10.7. The van der Waals surface area contributed by atoms with Gasteiger partial charge in [-0.2, -0.15) is 0 Å². The van der Waals surface area contributed by atoms with Crippen molar-refractivity contribution in [1.82, 2.24) is 10.6 Å². The average molecular weight is 148 g/mol. The molecule has 1 aliphatic rings. The van der Waals surface area contributed by atoms with Crippen molar-refractivity contribution >= 4 is 13.8 Å². The molecule has 0 aromatic rings. The van der Waals surface area contributed by atoms with Crippen molar-refractivity contribution in [2.24, 2.45) is 0 Å². The fourth-order valence-electron chi connectivity index (χ4n) is 0.622. The molecule has 0 saturated carbocycles. The lowest BCUT2D eigenvalue weighted by Crippen LogP contribution is -2.19. The minimum absolute atomic E-state index is 0.130. The van der Waals surface area contributed by atoms with Gasteiger partial charge < -0.3 is 4.74 Å². The second-order valence-corrected chi connectivity index (χ2v) is 3.55. The Morgan fingerprint density at radius 3 is 3.00 bits per heavy atom. The van der Waals surface area contributed by atoms with E-state index in [1.807, 2.05) is 0 Å². The lowest BCUT2D eigenvalue weighted by Gasteiger charge is -2.04. The molecule has 0 aromatic carbocycles. The summed E-state index contributed by atoms with van der Waals surface area (Å²) in [6, 6.07) is 0. The highest BCUT2D eigenvalue weighted by molar-refractivity contribution is 7.72. The second kappa shape index (κ2) is 3.11. The summed E-state index contributed by atoms with van der Waals surface area (Å²) in [7, 11) is 0.679. The number of rotatable bonds is 1. The molecule has 0 aromatic heterocycles. The van der Waals surface area contributed by atoms with E-state index in [0.717, 1.165) is 12.7 Å². The number of hydrogen-bond acceptors (Lipinski definition) is 4. The maximum Gasteiger partial charge on any atom is 0.342 e. The van der Waals surface area contributed by atoms with Crippen LogP contribution in [0.1, 0.15) is 0 Å². The van der Waals surface area contributed by atoms with Crippen LogP contribution in [0.15, 0.2) is 0 Å². The Hall–Kier alpha value is -0.180. The topological polar surface area (TPSA) is 50.4 Å². The van der Waals surface area contributed by atoms with Gasteiger partial charge in [-0.25, -0.2) is 9.99 Å². The van der Waals surface area contributed by atoms with Gasteiger partial charge in [0.05, 0.1) is 15.2 Å². The van der Waals surface area contributed by atoms with Crippen molar-refractivity contribution < 1.29 is 9.53 Å². The first-order valence-corrected chi connectivity index (χ1v) is 4.21. The molecule has 0 bridgehead atoms. The molecule has 1 atom stereocenters. The van der Waals surface area contributed by atoms with Crippen molar-refractivity contribution in [2.45, 2.75) is 0 Å². The summed E-state index contributed by atoms with van der Waals surface area (Å²) in [5, 5.41) is 2.85. The van der Waals surface area contributed by atoms with Gasteiger partial charge in [-0.15, -0.1) is 0 Å². The van der Waals surface area contributed by atoms with Gasteiger partial charge in [-0.05, 0) is 0 Å². The largest absolute Gasteiger partial charge is 0.465 e. The smallest absolute Gasteiger partial charge is 0.342 e. The van der Waals surface area contributed by atoms with Crippen LogP contribution in [0.5, 0.6) is 0 Å². The number of nitrogens with one attached hydrogen (secondary N) is 2. The third kappa shape index (κ3) is 1.61. The van der Waals surface area contributed by atoms with Crippen LogP contribution in [-0.2, 0) is 4.74 Å². The zero-order valence-electron chi connectivity index (χ0n) is 5.18. The number of hydrogen-bond donors (Lipinski definition) is 2. The van der Waals surface area contributed by atoms with Crippen molar-refractivity contribution in [2.75, 3.05) is 19.8 Å². The van der Waals surface area contributed by atoms with Crippen LogP contribution in [0, 0.1) is 0 Å². The van der Waals surface area contributed by atoms with E-state index in [1.54, 1.807) is 0 Å². The van der Waals surface area contributed by atoms with Crippen LogP contribution in [-0.4, -0.2) is 25.5 Å². The van der Waals surface area contributed by atoms with Gasteiger partial charge >= 0.3 is 5.71 Å². The number of carbonyl (C=O) groups is 1. The first kappa shape index (κ1) is 6.93. The minimum atomic E-state index is -0.729. The van der Waals surface area contributed by atoms with E-state index in [1.165, 1.54) is 7.11 Å². The molecule has 0 radical (unpaired) electrons. The quantitative estimate of drug-likeness (QED) is 0.523. The summed E-state index contributed by atoms with van der Waals surface area (Å²) in [5.41, 5.74) is 2.74. The lowest BCUT2D eigenvalue weighted by molar-refractivity contribution is 0.198. The highest BCUT2D eigenvalue weighted by Gasteiger charge is 2.21. The summed E-state index contributed by atoms with van der Waals surface area (Å²) in [6.45, 7) is 0.862. The second-order valence-electron chi connectivity index (χ2n) is 1.66. The van der Waals surface area contributed by atoms with Gasteiger partial charge in [0, 0.05) is 12.7 Å². The lowest BCUT2D eigenvalue weighted by atomic mass is 10.8. The zero-order chi connectivity index (χ0) is 6.69. The fourth-order valence-corrected chi connectivity index (χ4v) is 1.87. The van der Waals surface area contributed by atoms with Crippen molar-refractivity contribution in [3.63, 3.8) is 0 Å². The van der Waals surface area contributed by atoms with Gasteiger partial charge in [-0.1, -0.05) is 0 Å². The van der Waals surface area contributed by atoms with Crippen LogP contribution in [0.4, 0.5) is 4.79 Å². The van der Waals surface area contributed by atoms with Crippen molar-refractivity contribution in [1.29, 1.82) is 0 Å². The van der Waals surface area contributed by atoms with E-state index >= 15 is 0 Å². The molecule has 0 spiro atoms. The molecule has 1 unspecified atom stereocenters.